The van der Waals surface area contributed by atoms with Gasteiger partial charge >= 0.3 is 0 Å². The molecule has 1 N–H and O–H groups in total. The van der Waals surface area contributed by atoms with E-state index in [0.717, 1.165) is 30.9 Å². The number of anilines is 1. The molecule has 0 heterocycles. The van der Waals surface area contributed by atoms with Gasteiger partial charge in [-0.15, -0.1) is 0 Å². The summed E-state index contributed by atoms with van der Waals surface area (Å²) in [4.78, 5) is 2.16. The summed E-state index contributed by atoms with van der Waals surface area (Å²) in [6.45, 7) is 7.09. The zero-order chi connectivity index (χ0) is 12.7. The fourth-order valence-electron chi connectivity index (χ4n) is 1.77. The van der Waals surface area contributed by atoms with Gasteiger partial charge in [0, 0.05) is 36.0 Å². The predicted octanol–water partition coefficient (Wildman–Crippen LogP) is 2.70. The summed E-state index contributed by atoms with van der Waals surface area (Å²) in [5.74, 6) is 0. The van der Waals surface area contributed by atoms with E-state index in [1.807, 2.05) is 19.1 Å². The van der Waals surface area contributed by atoms with Crippen LogP contribution >= 0.6 is 11.6 Å². The van der Waals surface area contributed by atoms with E-state index in [0.29, 0.717) is 11.6 Å². The standard InChI is InChI=1S/C13H20ClNO2/c1-3-15(8-9-17-4-2)13-7-5-6-12(14)11(13)10-16/h5-7,16H,3-4,8-10H2,1-2H3. The van der Waals surface area contributed by atoms with Crippen molar-refractivity contribution in [1.82, 2.24) is 0 Å². The number of hydrogen-bond donors (Lipinski definition) is 1. The van der Waals surface area contributed by atoms with Crippen LogP contribution in [0, 0.1) is 0 Å². The molecule has 0 fully saturated rings. The van der Waals surface area contributed by atoms with Crippen molar-refractivity contribution in [2.45, 2.75) is 20.5 Å². The highest BCUT2D eigenvalue weighted by Gasteiger charge is 2.11. The number of nitrogens with zero attached hydrogens (tertiary/aromatic N) is 1. The van der Waals surface area contributed by atoms with Crippen molar-refractivity contribution >= 4 is 17.3 Å². The summed E-state index contributed by atoms with van der Waals surface area (Å²) < 4.78 is 5.35. The quantitative estimate of drug-likeness (QED) is 0.763. The smallest absolute Gasteiger partial charge is 0.0716 e. The molecule has 0 aromatic heterocycles. The molecule has 0 radical (unpaired) electrons. The van der Waals surface area contributed by atoms with Crippen LogP contribution in [-0.4, -0.2) is 31.4 Å². The first-order chi connectivity index (χ1) is 8.24. The zero-order valence-corrected chi connectivity index (χ0v) is 11.2. The van der Waals surface area contributed by atoms with Gasteiger partial charge in [0.05, 0.1) is 13.2 Å². The van der Waals surface area contributed by atoms with E-state index >= 15 is 0 Å². The minimum absolute atomic E-state index is 0.0415. The van der Waals surface area contributed by atoms with Crippen molar-refractivity contribution in [3.8, 4) is 0 Å². The molecule has 0 aliphatic carbocycles. The third-order valence-corrected chi connectivity index (χ3v) is 3.04. The van der Waals surface area contributed by atoms with Crippen LogP contribution in [0.15, 0.2) is 18.2 Å². The van der Waals surface area contributed by atoms with Gasteiger partial charge in [-0.3, -0.25) is 0 Å². The van der Waals surface area contributed by atoms with Crippen LogP contribution in [0.3, 0.4) is 0 Å². The van der Waals surface area contributed by atoms with Crippen LogP contribution in [0.4, 0.5) is 5.69 Å². The van der Waals surface area contributed by atoms with E-state index in [9.17, 15) is 5.11 Å². The number of ether oxygens (including phenoxy) is 1. The molecule has 0 aliphatic rings. The normalized spacial score (nSPS) is 10.6. The second-order valence-corrected chi connectivity index (χ2v) is 4.08. The molecule has 96 valence electrons. The SMILES string of the molecule is CCOCCN(CC)c1cccc(Cl)c1CO. The van der Waals surface area contributed by atoms with Crippen molar-refractivity contribution in [1.29, 1.82) is 0 Å². The average Bonchev–Trinajstić information content (AvgIpc) is 2.34. The average molecular weight is 258 g/mol. The number of likely N-dealkylation sites (N-methyl/N-ethyl adjacent to an activating group) is 1. The molecule has 1 aromatic rings. The Morgan fingerprint density at radius 1 is 1.35 bits per heavy atom. The monoisotopic (exact) mass is 257 g/mol. The molecular weight excluding hydrogens is 238 g/mol. The lowest BCUT2D eigenvalue weighted by molar-refractivity contribution is 0.154. The van der Waals surface area contributed by atoms with Crippen LogP contribution in [-0.2, 0) is 11.3 Å². The molecular formula is C13H20ClNO2. The Balaban J connectivity index is 2.83. The molecule has 0 saturated carbocycles. The number of halogens is 1. The summed E-state index contributed by atoms with van der Waals surface area (Å²) in [6.07, 6.45) is 0. The van der Waals surface area contributed by atoms with Crippen molar-refractivity contribution in [2.75, 3.05) is 31.2 Å². The maximum Gasteiger partial charge on any atom is 0.0716 e. The highest BCUT2D eigenvalue weighted by atomic mass is 35.5. The van der Waals surface area contributed by atoms with Crippen LogP contribution in [0.1, 0.15) is 19.4 Å². The Kier molecular flexibility index (Phi) is 6.34. The second kappa shape index (κ2) is 7.54. The lowest BCUT2D eigenvalue weighted by Crippen LogP contribution is -2.28. The fourth-order valence-corrected chi connectivity index (χ4v) is 2.00. The molecule has 0 amide bonds. The first-order valence-electron chi connectivity index (χ1n) is 5.95. The molecule has 17 heavy (non-hydrogen) atoms. The van der Waals surface area contributed by atoms with Crippen LogP contribution < -0.4 is 4.90 Å². The summed E-state index contributed by atoms with van der Waals surface area (Å²) in [5, 5.41) is 9.98. The second-order valence-electron chi connectivity index (χ2n) is 3.67. The van der Waals surface area contributed by atoms with Gasteiger partial charge in [-0.05, 0) is 26.0 Å². The van der Waals surface area contributed by atoms with Gasteiger partial charge in [-0.2, -0.15) is 0 Å². The molecule has 0 unspecified atom stereocenters. The lowest BCUT2D eigenvalue weighted by atomic mass is 10.1. The summed E-state index contributed by atoms with van der Waals surface area (Å²) >= 11 is 6.07. The highest BCUT2D eigenvalue weighted by Crippen LogP contribution is 2.27. The lowest BCUT2D eigenvalue weighted by Gasteiger charge is -2.25. The molecule has 3 nitrogen and oxygen atoms in total. The Morgan fingerprint density at radius 3 is 2.71 bits per heavy atom. The van der Waals surface area contributed by atoms with Crippen molar-refractivity contribution in [3.63, 3.8) is 0 Å². The van der Waals surface area contributed by atoms with Crippen molar-refractivity contribution in [2.24, 2.45) is 0 Å². The largest absolute Gasteiger partial charge is 0.392 e. The number of hydrogen-bond acceptors (Lipinski definition) is 3. The van der Waals surface area contributed by atoms with Gasteiger partial charge in [0.25, 0.3) is 0 Å². The molecule has 1 aromatic carbocycles. The van der Waals surface area contributed by atoms with Gasteiger partial charge in [0.2, 0.25) is 0 Å². The van der Waals surface area contributed by atoms with E-state index in [1.54, 1.807) is 6.07 Å². The maximum absolute atomic E-state index is 9.37. The third kappa shape index (κ3) is 3.87. The van der Waals surface area contributed by atoms with Gasteiger partial charge in [0.1, 0.15) is 0 Å². The first kappa shape index (κ1) is 14.3. The number of rotatable bonds is 7. The molecule has 0 bridgehead atoms. The van der Waals surface area contributed by atoms with Crippen molar-refractivity contribution in [3.05, 3.63) is 28.8 Å². The highest BCUT2D eigenvalue weighted by molar-refractivity contribution is 6.31. The van der Waals surface area contributed by atoms with Gasteiger partial charge in [0.15, 0.2) is 0 Å². The fraction of sp³-hybridized carbons (Fsp3) is 0.538. The molecule has 0 spiro atoms. The summed E-state index contributed by atoms with van der Waals surface area (Å²) in [5.41, 5.74) is 1.77. The minimum atomic E-state index is -0.0415. The number of benzene rings is 1. The Morgan fingerprint density at radius 2 is 2.12 bits per heavy atom. The predicted molar refractivity (Wildman–Crippen MR) is 71.8 cm³/mol. The molecule has 4 heteroatoms. The molecule has 1 rings (SSSR count). The van der Waals surface area contributed by atoms with Gasteiger partial charge < -0.3 is 14.7 Å². The van der Waals surface area contributed by atoms with E-state index in [4.69, 9.17) is 16.3 Å². The van der Waals surface area contributed by atoms with Crippen molar-refractivity contribution < 1.29 is 9.84 Å². The minimum Gasteiger partial charge on any atom is -0.392 e. The number of aliphatic hydroxyl groups is 1. The Hall–Kier alpha value is -0.770. The van der Waals surface area contributed by atoms with E-state index in [1.165, 1.54) is 0 Å². The van der Waals surface area contributed by atoms with Gasteiger partial charge in [-0.25, -0.2) is 0 Å². The van der Waals surface area contributed by atoms with E-state index in [2.05, 4.69) is 11.8 Å². The molecule has 0 aliphatic heterocycles. The number of aliphatic hydroxyl groups excluding tert-OH is 1. The van der Waals surface area contributed by atoms with E-state index < -0.39 is 0 Å². The Bertz CT molecular complexity index is 344. The van der Waals surface area contributed by atoms with Crippen LogP contribution in [0.25, 0.3) is 0 Å². The topological polar surface area (TPSA) is 32.7 Å². The summed E-state index contributed by atoms with van der Waals surface area (Å²) in [6, 6.07) is 5.68. The van der Waals surface area contributed by atoms with Crippen LogP contribution in [0.5, 0.6) is 0 Å². The molecule has 0 atom stereocenters. The summed E-state index contributed by atoms with van der Waals surface area (Å²) in [7, 11) is 0. The van der Waals surface area contributed by atoms with E-state index in [-0.39, 0.29) is 6.61 Å². The first-order valence-corrected chi connectivity index (χ1v) is 6.33. The van der Waals surface area contributed by atoms with Gasteiger partial charge in [-0.1, -0.05) is 17.7 Å². The third-order valence-electron chi connectivity index (χ3n) is 2.68. The maximum atomic E-state index is 9.37. The molecule has 0 saturated heterocycles. The Labute approximate surface area is 108 Å². The van der Waals surface area contributed by atoms with Crippen LogP contribution in [0.2, 0.25) is 5.02 Å². The zero-order valence-electron chi connectivity index (χ0n) is 10.4.